The van der Waals surface area contributed by atoms with Crippen molar-refractivity contribution in [2.75, 3.05) is 6.61 Å². The van der Waals surface area contributed by atoms with E-state index in [-0.39, 0.29) is 24.8 Å². The maximum absolute atomic E-state index is 12.7. The molecule has 0 aliphatic rings. The van der Waals surface area contributed by atoms with Gasteiger partial charge in [0.25, 0.3) is 0 Å². The third-order valence-electron chi connectivity index (χ3n) is 2.62. The predicted octanol–water partition coefficient (Wildman–Crippen LogP) is 2.57. The zero-order chi connectivity index (χ0) is 12.9. The second-order valence-electron chi connectivity index (χ2n) is 3.82. The first kappa shape index (κ1) is 14.0. The van der Waals surface area contributed by atoms with Crippen molar-refractivity contribution < 1.29 is 18.3 Å². The molecule has 5 heteroatoms. The van der Waals surface area contributed by atoms with Crippen LogP contribution in [0.4, 0.5) is 13.2 Å². The van der Waals surface area contributed by atoms with Crippen molar-refractivity contribution in [2.24, 2.45) is 0 Å². The quantitative estimate of drug-likeness (QED) is 0.838. The average molecular weight is 247 g/mol. The molecule has 0 radical (unpaired) electrons. The van der Waals surface area contributed by atoms with Crippen LogP contribution in [0.2, 0.25) is 0 Å². The summed E-state index contributed by atoms with van der Waals surface area (Å²) in [5, 5.41) is 11.8. The molecule has 0 saturated carbocycles. The van der Waals surface area contributed by atoms with Crippen molar-refractivity contribution in [1.29, 1.82) is 0 Å². The lowest BCUT2D eigenvalue weighted by molar-refractivity contribution is -0.138. The molecular formula is C12H16F3NO. The molecule has 0 saturated heterocycles. The molecule has 0 aliphatic carbocycles. The Hall–Kier alpha value is -1.07. The monoisotopic (exact) mass is 247 g/mol. The Balaban J connectivity index is 2.77. The Bertz CT molecular complexity index is 348. The molecule has 2 nitrogen and oxygen atoms in total. The minimum atomic E-state index is -4.33. The summed E-state index contributed by atoms with van der Waals surface area (Å²) in [4.78, 5) is 0. The van der Waals surface area contributed by atoms with Crippen molar-refractivity contribution in [1.82, 2.24) is 5.32 Å². The van der Waals surface area contributed by atoms with Crippen LogP contribution in [-0.4, -0.2) is 17.8 Å². The normalized spacial score (nSPS) is 13.7. The molecule has 2 N–H and O–H groups in total. The largest absolute Gasteiger partial charge is 0.416 e. The molecule has 1 aromatic rings. The third kappa shape index (κ3) is 4.02. The van der Waals surface area contributed by atoms with E-state index in [4.69, 9.17) is 5.11 Å². The molecule has 0 heterocycles. The van der Waals surface area contributed by atoms with Crippen LogP contribution in [0.1, 0.15) is 24.5 Å². The molecule has 1 rings (SSSR count). The highest BCUT2D eigenvalue weighted by Gasteiger charge is 2.32. The topological polar surface area (TPSA) is 32.3 Å². The number of hydrogen-bond donors (Lipinski definition) is 2. The van der Waals surface area contributed by atoms with Crippen LogP contribution >= 0.6 is 0 Å². The standard InChI is InChI=1S/C12H16F3NO/c1-2-10(8-17)16-7-9-5-3-4-6-11(9)12(13,14)15/h3-6,10,16-17H,2,7-8H2,1H3/t10-/m1/s1. The number of aliphatic hydroxyl groups excluding tert-OH is 1. The first-order valence-electron chi connectivity index (χ1n) is 5.48. The number of rotatable bonds is 5. The van der Waals surface area contributed by atoms with E-state index >= 15 is 0 Å². The fourth-order valence-electron chi connectivity index (χ4n) is 1.54. The third-order valence-corrected chi connectivity index (χ3v) is 2.62. The van der Waals surface area contributed by atoms with Crippen LogP contribution in [0, 0.1) is 0 Å². The zero-order valence-electron chi connectivity index (χ0n) is 9.59. The molecule has 0 amide bonds. The van der Waals surface area contributed by atoms with Crippen molar-refractivity contribution >= 4 is 0 Å². The molecule has 0 aromatic heterocycles. The SMILES string of the molecule is CC[C@H](CO)NCc1ccccc1C(F)(F)F. The Labute approximate surface area is 98.5 Å². The lowest BCUT2D eigenvalue weighted by Crippen LogP contribution is -2.31. The van der Waals surface area contributed by atoms with Gasteiger partial charge in [0.2, 0.25) is 0 Å². The van der Waals surface area contributed by atoms with Gasteiger partial charge in [0, 0.05) is 12.6 Å². The summed E-state index contributed by atoms with van der Waals surface area (Å²) in [6.45, 7) is 1.89. The Morgan fingerprint density at radius 1 is 1.29 bits per heavy atom. The Morgan fingerprint density at radius 2 is 1.94 bits per heavy atom. The number of hydrogen-bond acceptors (Lipinski definition) is 2. The highest BCUT2D eigenvalue weighted by Crippen LogP contribution is 2.31. The van der Waals surface area contributed by atoms with Crippen LogP contribution in [0.5, 0.6) is 0 Å². The lowest BCUT2D eigenvalue weighted by Gasteiger charge is -2.17. The van der Waals surface area contributed by atoms with E-state index in [9.17, 15) is 13.2 Å². The number of benzene rings is 1. The molecule has 1 atom stereocenters. The van der Waals surface area contributed by atoms with Gasteiger partial charge in [0.1, 0.15) is 0 Å². The van der Waals surface area contributed by atoms with E-state index in [1.165, 1.54) is 12.1 Å². The van der Waals surface area contributed by atoms with Crippen LogP contribution in [0.25, 0.3) is 0 Å². The van der Waals surface area contributed by atoms with Crippen molar-refractivity contribution in [2.45, 2.75) is 32.1 Å². The van der Waals surface area contributed by atoms with E-state index in [1.54, 1.807) is 6.07 Å². The van der Waals surface area contributed by atoms with Crippen LogP contribution < -0.4 is 5.32 Å². The first-order chi connectivity index (χ1) is 7.99. The van der Waals surface area contributed by atoms with Gasteiger partial charge in [-0.2, -0.15) is 13.2 Å². The van der Waals surface area contributed by atoms with Gasteiger partial charge in [0.15, 0.2) is 0 Å². The first-order valence-corrected chi connectivity index (χ1v) is 5.48. The highest BCUT2D eigenvalue weighted by molar-refractivity contribution is 5.29. The van der Waals surface area contributed by atoms with E-state index in [0.29, 0.717) is 6.42 Å². The van der Waals surface area contributed by atoms with E-state index in [0.717, 1.165) is 6.07 Å². The van der Waals surface area contributed by atoms with Crippen molar-refractivity contribution in [3.05, 3.63) is 35.4 Å². The molecule has 0 bridgehead atoms. The van der Waals surface area contributed by atoms with Gasteiger partial charge in [-0.25, -0.2) is 0 Å². The van der Waals surface area contributed by atoms with Gasteiger partial charge in [-0.1, -0.05) is 25.1 Å². The van der Waals surface area contributed by atoms with Gasteiger partial charge in [0.05, 0.1) is 12.2 Å². The molecular weight excluding hydrogens is 231 g/mol. The van der Waals surface area contributed by atoms with E-state index in [2.05, 4.69) is 5.32 Å². The Morgan fingerprint density at radius 3 is 2.47 bits per heavy atom. The summed E-state index contributed by atoms with van der Waals surface area (Å²) in [5.74, 6) is 0. The Kier molecular flexibility index (Phi) is 4.96. The zero-order valence-corrected chi connectivity index (χ0v) is 9.59. The lowest BCUT2D eigenvalue weighted by atomic mass is 10.1. The second-order valence-corrected chi connectivity index (χ2v) is 3.82. The minimum Gasteiger partial charge on any atom is -0.395 e. The van der Waals surface area contributed by atoms with Crippen LogP contribution in [0.3, 0.4) is 0 Å². The summed E-state index contributed by atoms with van der Waals surface area (Å²) in [7, 11) is 0. The number of nitrogens with one attached hydrogen (secondary N) is 1. The summed E-state index contributed by atoms with van der Waals surface area (Å²) >= 11 is 0. The predicted molar refractivity (Wildman–Crippen MR) is 59.4 cm³/mol. The number of halogens is 3. The maximum atomic E-state index is 12.7. The fourth-order valence-corrected chi connectivity index (χ4v) is 1.54. The van der Waals surface area contributed by atoms with Gasteiger partial charge < -0.3 is 10.4 Å². The molecule has 0 fully saturated rings. The van der Waals surface area contributed by atoms with E-state index < -0.39 is 11.7 Å². The minimum absolute atomic E-state index is 0.0787. The molecule has 96 valence electrons. The fraction of sp³-hybridized carbons (Fsp3) is 0.500. The van der Waals surface area contributed by atoms with Crippen LogP contribution in [0.15, 0.2) is 24.3 Å². The van der Waals surface area contributed by atoms with E-state index in [1.807, 2.05) is 6.92 Å². The summed E-state index contributed by atoms with van der Waals surface area (Å²) in [6, 6.07) is 5.29. The molecule has 0 aliphatic heterocycles. The molecule has 17 heavy (non-hydrogen) atoms. The molecule has 1 aromatic carbocycles. The number of aliphatic hydroxyl groups is 1. The van der Waals surface area contributed by atoms with Gasteiger partial charge in [-0.15, -0.1) is 0 Å². The second kappa shape index (κ2) is 6.02. The number of alkyl halides is 3. The summed E-state index contributed by atoms with van der Waals surface area (Å²) < 4.78 is 38.0. The smallest absolute Gasteiger partial charge is 0.395 e. The summed E-state index contributed by atoms with van der Waals surface area (Å²) in [5.41, 5.74) is -0.424. The highest BCUT2D eigenvalue weighted by atomic mass is 19.4. The van der Waals surface area contributed by atoms with Gasteiger partial charge in [-0.05, 0) is 18.1 Å². The summed E-state index contributed by atoms with van der Waals surface area (Å²) in [6.07, 6.45) is -3.66. The molecule has 0 spiro atoms. The van der Waals surface area contributed by atoms with Gasteiger partial charge in [-0.3, -0.25) is 0 Å². The van der Waals surface area contributed by atoms with Crippen LogP contribution in [-0.2, 0) is 12.7 Å². The van der Waals surface area contributed by atoms with Crippen molar-refractivity contribution in [3.8, 4) is 0 Å². The van der Waals surface area contributed by atoms with Crippen molar-refractivity contribution in [3.63, 3.8) is 0 Å². The average Bonchev–Trinajstić information content (AvgIpc) is 2.29. The maximum Gasteiger partial charge on any atom is 0.416 e. The molecule has 0 unspecified atom stereocenters. The van der Waals surface area contributed by atoms with Gasteiger partial charge >= 0.3 is 6.18 Å².